The molecule has 20 heavy (non-hydrogen) atoms. The predicted octanol–water partition coefficient (Wildman–Crippen LogP) is 1.73. The Morgan fingerprint density at radius 1 is 1.30 bits per heavy atom. The lowest BCUT2D eigenvalue weighted by Gasteiger charge is -2.40. The van der Waals surface area contributed by atoms with Crippen LogP contribution < -0.4 is 10.5 Å². The molecule has 0 saturated carbocycles. The van der Waals surface area contributed by atoms with Crippen LogP contribution >= 0.6 is 0 Å². The molecule has 0 aromatic heterocycles. The summed E-state index contributed by atoms with van der Waals surface area (Å²) in [5.74, 6) is 1.04. The van der Waals surface area contributed by atoms with E-state index < -0.39 is 0 Å². The SMILES string of the molecule is C[C@@H]1CN([C@@H](CN)c2ccc3c(c2)CCO3)C[C@@H](C)O1. The molecule has 2 aliphatic rings. The number of nitrogens with two attached hydrogens (primary N) is 1. The van der Waals surface area contributed by atoms with Gasteiger partial charge in [-0.05, 0) is 31.0 Å². The van der Waals surface area contributed by atoms with Gasteiger partial charge in [0, 0.05) is 32.1 Å². The molecule has 0 bridgehead atoms. The molecule has 1 aromatic rings. The van der Waals surface area contributed by atoms with Crippen molar-refractivity contribution in [1.82, 2.24) is 4.90 Å². The second kappa shape index (κ2) is 5.72. The molecule has 1 saturated heterocycles. The average molecular weight is 276 g/mol. The molecule has 0 spiro atoms. The number of benzene rings is 1. The molecule has 3 rings (SSSR count). The van der Waals surface area contributed by atoms with Crippen molar-refractivity contribution < 1.29 is 9.47 Å². The van der Waals surface area contributed by atoms with Crippen molar-refractivity contribution in [2.45, 2.75) is 38.5 Å². The van der Waals surface area contributed by atoms with E-state index in [1.54, 1.807) is 0 Å². The van der Waals surface area contributed by atoms with Crippen LogP contribution in [0.3, 0.4) is 0 Å². The Balaban J connectivity index is 1.82. The molecule has 0 radical (unpaired) electrons. The highest BCUT2D eigenvalue weighted by Crippen LogP contribution is 2.31. The molecule has 0 aliphatic carbocycles. The Hall–Kier alpha value is -1.10. The number of rotatable bonds is 3. The normalized spacial score (nSPS) is 27.9. The summed E-state index contributed by atoms with van der Waals surface area (Å²) in [4.78, 5) is 2.45. The van der Waals surface area contributed by atoms with Crippen molar-refractivity contribution in [3.05, 3.63) is 29.3 Å². The van der Waals surface area contributed by atoms with E-state index in [4.69, 9.17) is 15.2 Å². The second-order valence-electron chi connectivity index (χ2n) is 5.93. The number of hydrogen-bond donors (Lipinski definition) is 1. The van der Waals surface area contributed by atoms with Gasteiger partial charge in [-0.1, -0.05) is 12.1 Å². The van der Waals surface area contributed by atoms with Crippen LogP contribution in [-0.2, 0) is 11.2 Å². The summed E-state index contributed by atoms with van der Waals surface area (Å²) in [7, 11) is 0. The van der Waals surface area contributed by atoms with Gasteiger partial charge in [0.2, 0.25) is 0 Å². The molecule has 0 unspecified atom stereocenters. The Labute approximate surface area is 120 Å². The van der Waals surface area contributed by atoms with Gasteiger partial charge in [0.1, 0.15) is 5.75 Å². The molecule has 2 aliphatic heterocycles. The highest BCUT2D eigenvalue weighted by molar-refractivity contribution is 5.41. The summed E-state index contributed by atoms with van der Waals surface area (Å²) in [6, 6.07) is 6.79. The quantitative estimate of drug-likeness (QED) is 0.913. The molecule has 0 amide bonds. The van der Waals surface area contributed by atoms with Crippen LogP contribution in [0, 0.1) is 0 Å². The van der Waals surface area contributed by atoms with Crippen molar-refractivity contribution in [3.63, 3.8) is 0 Å². The molecule has 3 atom stereocenters. The predicted molar refractivity (Wildman–Crippen MR) is 79.0 cm³/mol. The minimum absolute atomic E-state index is 0.269. The van der Waals surface area contributed by atoms with Gasteiger partial charge in [0.15, 0.2) is 0 Å². The van der Waals surface area contributed by atoms with Crippen molar-refractivity contribution in [2.24, 2.45) is 5.73 Å². The molecule has 4 nitrogen and oxygen atoms in total. The van der Waals surface area contributed by atoms with Crippen LogP contribution in [0.4, 0.5) is 0 Å². The van der Waals surface area contributed by atoms with E-state index in [0.29, 0.717) is 6.54 Å². The van der Waals surface area contributed by atoms with Gasteiger partial charge in [-0.3, -0.25) is 4.90 Å². The van der Waals surface area contributed by atoms with E-state index in [-0.39, 0.29) is 18.2 Å². The monoisotopic (exact) mass is 276 g/mol. The first-order chi connectivity index (χ1) is 9.67. The van der Waals surface area contributed by atoms with Gasteiger partial charge in [-0.2, -0.15) is 0 Å². The maximum atomic E-state index is 6.06. The Bertz CT molecular complexity index is 468. The molecule has 1 aromatic carbocycles. The van der Waals surface area contributed by atoms with E-state index in [0.717, 1.165) is 31.9 Å². The first kappa shape index (κ1) is 13.9. The zero-order valence-corrected chi connectivity index (χ0v) is 12.3. The standard InChI is InChI=1S/C16H24N2O2/c1-11-9-18(10-12(2)20-11)15(8-17)13-3-4-16-14(7-13)5-6-19-16/h3-4,7,11-12,15H,5-6,8-10,17H2,1-2H3/t11-,12-,15+/m1/s1. The van der Waals surface area contributed by atoms with Crippen LogP contribution in [0.15, 0.2) is 18.2 Å². The van der Waals surface area contributed by atoms with Crippen LogP contribution in [-0.4, -0.2) is 43.3 Å². The zero-order valence-electron chi connectivity index (χ0n) is 12.3. The van der Waals surface area contributed by atoms with Gasteiger partial charge in [-0.25, -0.2) is 0 Å². The Morgan fingerprint density at radius 2 is 2.05 bits per heavy atom. The summed E-state index contributed by atoms with van der Waals surface area (Å²) in [5, 5.41) is 0. The van der Waals surface area contributed by atoms with Gasteiger partial charge in [-0.15, -0.1) is 0 Å². The second-order valence-corrected chi connectivity index (χ2v) is 5.93. The Kier molecular flexibility index (Phi) is 3.96. The maximum Gasteiger partial charge on any atom is 0.122 e. The van der Waals surface area contributed by atoms with Crippen LogP contribution in [0.2, 0.25) is 0 Å². The average Bonchev–Trinajstić information content (AvgIpc) is 2.86. The van der Waals surface area contributed by atoms with Crippen molar-refractivity contribution >= 4 is 0 Å². The smallest absolute Gasteiger partial charge is 0.122 e. The third kappa shape index (κ3) is 2.68. The van der Waals surface area contributed by atoms with E-state index in [1.807, 2.05) is 0 Å². The first-order valence-corrected chi connectivity index (χ1v) is 7.52. The third-order valence-corrected chi connectivity index (χ3v) is 4.21. The molecule has 110 valence electrons. The van der Waals surface area contributed by atoms with Crippen LogP contribution in [0.25, 0.3) is 0 Å². The minimum Gasteiger partial charge on any atom is -0.493 e. The van der Waals surface area contributed by atoms with Crippen LogP contribution in [0.1, 0.15) is 31.0 Å². The summed E-state index contributed by atoms with van der Waals surface area (Å²) in [5.41, 5.74) is 8.68. The zero-order chi connectivity index (χ0) is 14.1. The molecule has 1 fully saturated rings. The molecule has 2 heterocycles. The largest absolute Gasteiger partial charge is 0.493 e. The highest BCUT2D eigenvalue weighted by Gasteiger charge is 2.28. The molecule has 2 N–H and O–H groups in total. The number of nitrogens with zero attached hydrogens (tertiary/aromatic N) is 1. The summed E-state index contributed by atoms with van der Waals surface area (Å²) < 4.78 is 11.4. The number of ether oxygens (including phenoxy) is 2. The van der Waals surface area contributed by atoms with E-state index in [1.165, 1.54) is 11.1 Å². The van der Waals surface area contributed by atoms with Gasteiger partial charge in [0.05, 0.1) is 18.8 Å². The third-order valence-electron chi connectivity index (χ3n) is 4.21. The van der Waals surface area contributed by atoms with Crippen molar-refractivity contribution in [3.8, 4) is 5.75 Å². The number of hydrogen-bond acceptors (Lipinski definition) is 4. The Morgan fingerprint density at radius 3 is 2.75 bits per heavy atom. The van der Waals surface area contributed by atoms with E-state index in [9.17, 15) is 0 Å². The lowest BCUT2D eigenvalue weighted by molar-refractivity contribution is -0.0799. The van der Waals surface area contributed by atoms with Crippen molar-refractivity contribution in [2.75, 3.05) is 26.2 Å². The van der Waals surface area contributed by atoms with E-state index in [2.05, 4.69) is 36.9 Å². The summed E-state index contributed by atoms with van der Waals surface area (Å²) in [6.45, 7) is 7.59. The maximum absolute atomic E-state index is 6.06. The summed E-state index contributed by atoms with van der Waals surface area (Å²) in [6.07, 6.45) is 1.55. The first-order valence-electron chi connectivity index (χ1n) is 7.52. The van der Waals surface area contributed by atoms with Crippen molar-refractivity contribution in [1.29, 1.82) is 0 Å². The lowest BCUT2D eigenvalue weighted by Crippen LogP contribution is -2.48. The highest BCUT2D eigenvalue weighted by atomic mass is 16.5. The van der Waals surface area contributed by atoms with Gasteiger partial charge < -0.3 is 15.2 Å². The lowest BCUT2D eigenvalue weighted by atomic mass is 10.00. The molecule has 4 heteroatoms. The number of fused-ring (bicyclic) bond motifs is 1. The summed E-state index contributed by atoms with van der Waals surface area (Å²) >= 11 is 0. The fourth-order valence-electron chi connectivity index (χ4n) is 3.38. The minimum atomic E-state index is 0.269. The fraction of sp³-hybridized carbons (Fsp3) is 0.625. The van der Waals surface area contributed by atoms with Gasteiger partial charge in [0.25, 0.3) is 0 Å². The van der Waals surface area contributed by atoms with E-state index >= 15 is 0 Å². The van der Waals surface area contributed by atoms with Gasteiger partial charge >= 0.3 is 0 Å². The fourth-order valence-corrected chi connectivity index (χ4v) is 3.38. The molecular weight excluding hydrogens is 252 g/mol. The van der Waals surface area contributed by atoms with Crippen LogP contribution in [0.5, 0.6) is 5.75 Å². The number of morpholine rings is 1. The topological polar surface area (TPSA) is 47.7 Å². The molecular formula is C16H24N2O2.